The molecule has 0 aliphatic carbocycles. The van der Waals surface area contributed by atoms with Gasteiger partial charge in [-0.3, -0.25) is 4.79 Å². The van der Waals surface area contributed by atoms with E-state index in [0.717, 1.165) is 18.3 Å². The molecule has 0 unspecified atom stereocenters. The highest BCUT2D eigenvalue weighted by molar-refractivity contribution is 5.82. The average Bonchev–Trinajstić information content (AvgIpc) is 2.51. The van der Waals surface area contributed by atoms with Crippen molar-refractivity contribution in [3.05, 3.63) is 47.5 Å². The highest BCUT2D eigenvalue weighted by Crippen LogP contribution is 2.20. The first-order chi connectivity index (χ1) is 10.4. The molecule has 0 aliphatic rings. The van der Waals surface area contributed by atoms with Crippen LogP contribution < -0.4 is 0 Å². The molecule has 0 radical (unpaired) electrons. The molecule has 116 valence electrons. The van der Waals surface area contributed by atoms with E-state index in [2.05, 4.69) is 5.92 Å². The third kappa shape index (κ3) is 5.57. The molecule has 0 saturated carbocycles. The van der Waals surface area contributed by atoms with Crippen LogP contribution in [0, 0.1) is 12.3 Å². The summed E-state index contributed by atoms with van der Waals surface area (Å²) in [7, 11) is 0. The van der Waals surface area contributed by atoms with Gasteiger partial charge in [-0.1, -0.05) is 37.1 Å². The van der Waals surface area contributed by atoms with Crippen molar-refractivity contribution in [3.8, 4) is 12.3 Å². The number of benzene rings is 1. The molecule has 1 rings (SSSR count). The van der Waals surface area contributed by atoms with E-state index in [1.807, 2.05) is 26.8 Å². The lowest BCUT2D eigenvalue weighted by molar-refractivity contribution is -0.150. The third-order valence-electron chi connectivity index (χ3n) is 3.50. The van der Waals surface area contributed by atoms with Crippen molar-refractivity contribution in [1.29, 1.82) is 0 Å². The number of rotatable bonds is 7. The summed E-state index contributed by atoms with van der Waals surface area (Å²) in [5.41, 5.74) is 1.01. The summed E-state index contributed by atoms with van der Waals surface area (Å²) in [6, 6.07) is 7.17. The number of carbonyl (C=O) groups is 2. The number of hydrogen-bond donors (Lipinski definition) is 0. The molecule has 1 atom stereocenters. The minimum atomic E-state index is -0.467. The Balaban J connectivity index is 2.68. The lowest BCUT2D eigenvalue weighted by Gasteiger charge is -2.22. The van der Waals surface area contributed by atoms with Gasteiger partial charge in [-0.25, -0.2) is 4.79 Å². The van der Waals surface area contributed by atoms with Crippen LogP contribution in [0.25, 0.3) is 0 Å². The van der Waals surface area contributed by atoms with Gasteiger partial charge in [0, 0.05) is 17.6 Å². The maximum Gasteiger partial charge on any atom is 0.330 e. The molecule has 22 heavy (non-hydrogen) atoms. The van der Waals surface area contributed by atoms with Crippen LogP contribution in [-0.4, -0.2) is 17.9 Å². The number of hydrogen-bond acceptors (Lipinski definition) is 3. The van der Waals surface area contributed by atoms with E-state index in [1.54, 1.807) is 24.3 Å². The number of ether oxygens (including phenoxy) is 1. The average molecular weight is 298 g/mol. The number of aldehydes is 1. The summed E-state index contributed by atoms with van der Waals surface area (Å²) in [5, 5.41) is 0. The van der Waals surface area contributed by atoms with Gasteiger partial charge >= 0.3 is 5.97 Å². The van der Waals surface area contributed by atoms with Gasteiger partial charge in [0.1, 0.15) is 11.9 Å². The van der Waals surface area contributed by atoms with Crippen molar-refractivity contribution >= 4 is 12.3 Å². The SMILES string of the molecule is C#C[C@@H](C/C=C/C(=O)OC(C)(C)CC)c1cccc(C=O)c1. The predicted molar refractivity (Wildman–Crippen MR) is 87.6 cm³/mol. The lowest BCUT2D eigenvalue weighted by atomic mass is 9.95. The Morgan fingerprint density at radius 2 is 2.18 bits per heavy atom. The Bertz CT molecular complexity index is 591. The van der Waals surface area contributed by atoms with Crippen molar-refractivity contribution in [3.63, 3.8) is 0 Å². The van der Waals surface area contributed by atoms with Crippen molar-refractivity contribution in [1.82, 2.24) is 0 Å². The summed E-state index contributed by atoms with van der Waals surface area (Å²) in [4.78, 5) is 22.5. The van der Waals surface area contributed by atoms with Crippen LogP contribution >= 0.6 is 0 Å². The second-order valence-electron chi connectivity index (χ2n) is 5.68. The predicted octanol–water partition coefficient (Wildman–Crippen LogP) is 3.89. The molecule has 0 bridgehead atoms. The molecular weight excluding hydrogens is 276 g/mol. The van der Waals surface area contributed by atoms with Crippen molar-refractivity contribution in [2.45, 2.75) is 45.1 Å². The summed E-state index contributed by atoms with van der Waals surface area (Å²) in [6.07, 6.45) is 10.7. The second-order valence-corrected chi connectivity index (χ2v) is 5.68. The van der Waals surface area contributed by atoms with E-state index in [4.69, 9.17) is 11.2 Å². The smallest absolute Gasteiger partial charge is 0.330 e. The minimum absolute atomic E-state index is 0.178. The van der Waals surface area contributed by atoms with Crippen molar-refractivity contribution < 1.29 is 14.3 Å². The molecular formula is C19H22O3. The van der Waals surface area contributed by atoms with Crippen LogP contribution in [0.1, 0.15) is 55.5 Å². The van der Waals surface area contributed by atoms with Crippen LogP contribution in [0.15, 0.2) is 36.4 Å². The number of terminal acetylenes is 1. The van der Waals surface area contributed by atoms with E-state index >= 15 is 0 Å². The van der Waals surface area contributed by atoms with Gasteiger partial charge in [-0.2, -0.15) is 0 Å². The molecule has 3 nitrogen and oxygen atoms in total. The first-order valence-corrected chi connectivity index (χ1v) is 7.32. The van der Waals surface area contributed by atoms with E-state index < -0.39 is 5.60 Å². The van der Waals surface area contributed by atoms with Crippen LogP contribution in [0.5, 0.6) is 0 Å². The van der Waals surface area contributed by atoms with E-state index in [1.165, 1.54) is 6.08 Å². The van der Waals surface area contributed by atoms with Crippen LogP contribution in [0.2, 0.25) is 0 Å². The number of allylic oxidation sites excluding steroid dienone is 1. The maximum atomic E-state index is 11.7. The first-order valence-electron chi connectivity index (χ1n) is 7.32. The maximum absolute atomic E-state index is 11.7. The molecule has 1 aromatic carbocycles. The van der Waals surface area contributed by atoms with E-state index in [0.29, 0.717) is 12.0 Å². The van der Waals surface area contributed by atoms with Crippen molar-refractivity contribution in [2.24, 2.45) is 0 Å². The minimum Gasteiger partial charge on any atom is -0.457 e. The molecule has 0 aromatic heterocycles. The molecule has 0 amide bonds. The fourth-order valence-electron chi connectivity index (χ4n) is 1.83. The fourth-order valence-corrected chi connectivity index (χ4v) is 1.83. The summed E-state index contributed by atoms with van der Waals surface area (Å²) >= 11 is 0. The Kier molecular flexibility index (Phi) is 6.59. The third-order valence-corrected chi connectivity index (χ3v) is 3.50. The summed E-state index contributed by atoms with van der Waals surface area (Å²) in [5.74, 6) is 2.13. The molecule has 3 heteroatoms. The number of esters is 1. The second kappa shape index (κ2) is 8.19. The van der Waals surface area contributed by atoms with Gasteiger partial charge in [-0.05, 0) is 38.3 Å². The topological polar surface area (TPSA) is 43.4 Å². The van der Waals surface area contributed by atoms with E-state index in [9.17, 15) is 9.59 Å². The zero-order valence-electron chi connectivity index (χ0n) is 13.3. The largest absolute Gasteiger partial charge is 0.457 e. The normalized spacial score (nSPS) is 12.6. The molecule has 0 N–H and O–H groups in total. The molecule has 0 aliphatic heterocycles. The zero-order valence-corrected chi connectivity index (χ0v) is 13.3. The van der Waals surface area contributed by atoms with Crippen molar-refractivity contribution in [2.75, 3.05) is 0 Å². The highest BCUT2D eigenvalue weighted by atomic mass is 16.6. The van der Waals surface area contributed by atoms with Gasteiger partial charge in [0.05, 0.1) is 0 Å². The molecule has 0 spiro atoms. The van der Waals surface area contributed by atoms with Gasteiger partial charge in [0.25, 0.3) is 0 Å². The highest BCUT2D eigenvalue weighted by Gasteiger charge is 2.18. The Morgan fingerprint density at radius 1 is 1.45 bits per heavy atom. The number of carbonyl (C=O) groups excluding carboxylic acids is 2. The fraction of sp³-hybridized carbons (Fsp3) is 0.368. The first kappa shape index (κ1) is 17.7. The summed E-state index contributed by atoms with van der Waals surface area (Å²) < 4.78 is 5.32. The van der Waals surface area contributed by atoms with Crippen LogP contribution in [0.3, 0.4) is 0 Å². The van der Waals surface area contributed by atoms with Gasteiger partial charge < -0.3 is 4.74 Å². The molecule has 1 aromatic rings. The van der Waals surface area contributed by atoms with Gasteiger partial charge in [0.15, 0.2) is 0 Å². The van der Waals surface area contributed by atoms with Gasteiger partial charge in [-0.15, -0.1) is 6.42 Å². The zero-order chi connectivity index (χ0) is 16.6. The van der Waals surface area contributed by atoms with Crippen LogP contribution in [0.4, 0.5) is 0 Å². The monoisotopic (exact) mass is 298 g/mol. The molecule has 0 saturated heterocycles. The Morgan fingerprint density at radius 3 is 2.77 bits per heavy atom. The Hall–Kier alpha value is -2.34. The summed E-state index contributed by atoms with van der Waals surface area (Å²) in [6.45, 7) is 5.70. The lowest BCUT2D eigenvalue weighted by Crippen LogP contribution is -2.25. The molecule has 0 heterocycles. The standard InChI is InChI=1S/C19H22O3/c1-5-16(17-11-7-9-15(13-17)14-20)10-8-12-18(21)22-19(3,4)6-2/h1,7-9,11-14,16H,6,10H2,2-4H3/b12-8+/t16-/m0/s1. The Labute approximate surface area is 132 Å². The van der Waals surface area contributed by atoms with Crippen LogP contribution in [-0.2, 0) is 9.53 Å². The van der Waals surface area contributed by atoms with E-state index in [-0.39, 0.29) is 11.9 Å². The molecule has 0 fully saturated rings. The van der Waals surface area contributed by atoms with Gasteiger partial charge in [0.2, 0.25) is 0 Å². The quantitative estimate of drug-likeness (QED) is 0.332.